The van der Waals surface area contributed by atoms with Crippen LogP contribution in [-0.2, 0) is 15.3 Å². The number of carbonyl (C=O) groups excluding carboxylic acids is 2. The van der Waals surface area contributed by atoms with Crippen LogP contribution in [0.1, 0.15) is 49.7 Å². The van der Waals surface area contributed by atoms with Crippen LogP contribution >= 0.6 is 11.8 Å². The number of H-pyrrole nitrogens is 1. The maximum Gasteiger partial charge on any atom is 0.269 e. The van der Waals surface area contributed by atoms with E-state index >= 15 is 0 Å². The van der Waals surface area contributed by atoms with Gasteiger partial charge in [0.2, 0.25) is 5.91 Å². The highest BCUT2D eigenvalue weighted by Gasteiger charge is 2.42. The highest BCUT2D eigenvalue weighted by Crippen LogP contribution is 2.48. The lowest BCUT2D eigenvalue weighted by molar-refractivity contribution is -0.384. The van der Waals surface area contributed by atoms with Crippen LogP contribution in [0, 0.1) is 22.5 Å². The maximum atomic E-state index is 13.8. The third kappa shape index (κ3) is 6.30. The zero-order valence-electron chi connectivity index (χ0n) is 23.4. The number of ketones is 1. The average molecular weight is 575 g/mol. The van der Waals surface area contributed by atoms with Crippen molar-refractivity contribution in [3.63, 3.8) is 0 Å². The van der Waals surface area contributed by atoms with Gasteiger partial charge >= 0.3 is 0 Å². The zero-order valence-corrected chi connectivity index (χ0v) is 24.2. The Balaban J connectivity index is 1.44. The van der Waals surface area contributed by atoms with E-state index in [9.17, 15) is 19.7 Å². The van der Waals surface area contributed by atoms with Crippen molar-refractivity contribution in [3.05, 3.63) is 93.2 Å². The number of anilines is 2. The van der Waals surface area contributed by atoms with E-state index in [1.54, 1.807) is 30.2 Å². The van der Waals surface area contributed by atoms with Crippen molar-refractivity contribution in [2.45, 2.75) is 45.4 Å². The van der Waals surface area contributed by atoms with Gasteiger partial charge in [0.25, 0.3) is 5.69 Å². The normalized spacial score (nSPS) is 17.8. The quantitative estimate of drug-likeness (QED) is 0.178. The van der Waals surface area contributed by atoms with Gasteiger partial charge in [-0.3, -0.25) is 19.7 Å². The molecular weight excluding hydrogens is 540 g/mol. The monoisotopic (exact) mass is 574 g/mol. The number of imidazole rings is 1. The number of allylic oxidation sites excluding steroid dienone is 1. The summed E-state index contributed by atoms with van der Waals surface area (Å²) in [6.45, 7) is 6.63. The number of rotatable bonds is 9. The first-order valence-corrected chi connectivity index (χ1v) is 14.7. The molecule has 0 saturated heterocycles. The zero-order chi connectivity index (χ0) is 29.1. The van der Waals surface area contributed by atoms with E-state index in [4.69, 9.17) is 0 Å². The van der Waals surface area contributed by atoms with E-state index in [1.165, 1.54) is 12.1 Å². The molecule has 1 amide bonds. The Bertz CT molecular complexity index is 1500. The first-order valence-electron chi connectivity index (χ1n) is 13.6. The Morgan fingerprint density at radius 2 is 1.95 bits per heavy atom. The van der Waals surface area contributed by atoms with Crippen molar-refractivity contribution in [1.29, 1.82) is 0 Å². The van der Waals surface area contributed by atoms with E-state index in [1.807, 2.05) is 36.1 Å². The Kier molecular flexibility index (Phi) is 8.16. The van der Waals surface area contributed by atoms with E-state index in [-0.39, 0.29) is 29.3 Å². The predicted octanol–water partition coefficient (Wildman–Crippen LogP) is 5.29. The number of hydrogen-bond acceptors (Lipinski definition) is 8. The number of Topliss-reactive ketones (excluding diaryl/α,β-unsaturated/α-hetero) is 1. The molecular formula is C30H34N6O4S. The van der Waals surface area contributed by atoms with Gasteiger partial charge in [-0.1, -0.05) is 26.0 Å². The molecule has 0 bridgehead atoms. The Labute approximate surface area is 243 Å². The number of aromatic amines is 1. The van der Waals surface area contributed by atoms with Crippen LogP contribution in [0.25, 0.3) is 0 Å². The minimum atomic E-state index is -0.590. The topological polar surface area (TPSA) is 133 Å². The van der Waals surface area contributed by atoms with Crippen LogP contribution in [0.4, 0.5) is 17.1 Å². The molecule has 0 radical (unpaired) electrons. The molecule has 1 unspecified atom stereocenters. The fraction of sp³-hybridized carbons (Fsp3) is 0.367. The molecule has 2 aromatic carbocycles. The summed E-state index contributed by atoms with van der Waals surface area (Å²) in [5, 5.41) is 17.9. The molecule has 1 aromatic heterocycles. The third-order valence-corrected chi connectivity index (χ3v) is 8.45. The fourth-order valence-corrected chi connectivity index (χ4v) is 6.40. The van der Waals surface area contributed by atoms with Gasteiger partial charge in [-0.2, -0.15) is 11.8 Å². The Morgan fingerprint density at radius 3 is 2.66 bits per heavy atom. The van der Waals surface area contributed by atoms with Gasteiger partial charge in [0, 0.05) is 53.6 Å². The van der Waals surface area contributed by atoms with Crippen LogP contribution < -0.4 is 15.5 Å². The van der Waals surface area contributed by atoms with Crippen molar-refractivity contribution >= 4 is 40.5 Å². The first kappa shape index (κ1) is 28.4. The average Bonchev–Trinajstić information content (AvgIpc) is 3.27. The Hall–Kier alpha value is -4.12. The number of nitro benzene ring substituents is 1. The van der Waals surface area contributed by atoms with E-state index < -0.39 is 11.0 Å². The minimum absolute atomic E-state index is 0.00961. The molecule has 0 saturated carbocycles. The molecule has 1 atom stereocenters. The standard InChI is InChI=1S/C30H34N6O4S/c1-19-24(33-18-32-19)17-41-13-12-31-27(38)16-35-25-7-5-4-6-22(25)34-23-14-30(2,3)15-26(37)28(23)29(35)20-8-10-21(11-9-20)36(39)40/h4-11,18,29,34H,12-17H2,1-3H3,(H,31,38)(H,32,33). The summed E-state index contributed by atoms with van der Waals surface area (Å²) in [6, 6.07) is 13.4. The predicted molar refractivity (Wildman–Crippen MR) is 161 cm³/mol. The molecule has 10 nitrogen and oxygen atoms in total. The Morgan fingerprint density at radius 1 is 1.20 bits per heavy atom. The van der Waals surface area contributed by atoms with Gasteiger partial charge in [-0.15, -0.1) is 0 Å². The summed E-state index contributed by atoms with van der Waals surface area (Å²) >= 11 is 1.69. The molecule has 11 heteroatoms. The summed E-state index contributed by atoms with van der Waals surface area (Å²) < 4.78 is 0. The van der Waals surface area contributed by atoms with Gasteiger partial charge in [0.05, 0.1) is 40.9 Å². The van der Waals surface area contributed by atoms with Crippen LogP contribution in [-0.4, -0.2) is 45.4 Å². The number of benzene rings is 2. The van der Waals surface area contributed by atoms with Gasteiger partial charge in [-0.05, 0) is 48.6 Å². The van der Waals surface area contributed by atoms with Gasteiger partial charge in [0.15, 0.2) is 5.78 Å². The molecule has 2 aliphatic rings. The molecule has 1 aliphatic heterocycles. The number of hydrogen-bond donors (Lipinski definition) is 3. The molecule has 5 rings (SSSR count). The van der Waals surface area contributed by atoms with Crippen LogP contribution in [0.3, 0.4) is 0 Å². The number of nitrogens with zero attached hydrogens (tertiary/aromatic N) is 3. The van der Waals surface area contributed by atoms with Gasteiger partial charge in [0.1, 0.15) is 0 Å². The molecule has 3 N–H and O–H groups in total. The summed E-state index contributed by atoms with van der Waals surface area (Å²) in [6.07, 6.45) is 2.72. The molecule has 41 heavy (non-hydrogen) atoms. The van der Waals surface area contributed by atoms with Crippen LogP contribution in [0.15, 0.2) is 66.1 Å². The lowest BCUT2D eigenvalue weighted by atomic mass is 9.73. The van der Waals surface area contributed by atoms with E-state index in [2.05, 4.69) is 34.4 Å². The second-order valence-corrected chi connectivity index (χ2v) is 12.3. The highest BCUT2D eigenvalue weighted by atomic mass is 32.2. The third-order valence-electron chi connectivity index (χ3n) is 7.48. The van der Waals surface area contributed by atoms with E-state index in [0.717, 1.165) is 40.0 Å². The highest BCUT2D eigenvalue weighted by molar-refractivity contribution is 7.98. The summed E-state index contributed by atoms with van der Waals surface area (Å²) in [4.78, 5) is 47.4. The number of fused-ring (bicyclic) bond motifs is 1. The number of non-ortho nitro benzene ring substituents is 1. The van der Waals surface area contributed by atoms with Crippen molar-refractivity contribution in [3.8, 4) is 0 Å². The van der Waals surface area contributed by atoms with Crippen molar-refractivity contribution < 1.29 is 14.5 Å². The SMILES string of the molecule is Cc1[nH]cnc1CSCCNC(=O)CN1c2ccccc2NC2=C(C(=O)CC(C)(C)C2)C1c1ccc([N+](=O)[O-])cc1. The molecule has 2 heterocycles. The number of para-hydroxylation sites is 2. The number of aromatic nitrogens is 2. The number of nitro groups is 1. The van der Waals surface area contributed by atoms with E-state index in [0.29, 0.717) is 30.5 Å². The smallest absolute Gasteiger partial charge is 0.269 e. The number of amides is 1. The molecule has 214 valence electrons. The largest absolute Gasteiger partial charge is 0.357 e. The fourth-order valence-electron chi connectivity index (χ4n) is 5.53. The number of aryl methyl sites for hydroxylation is 1. The summed E-state index contributed by atoms with van der Waals surface area (Å²) in [5.74, 6) is 1.32. The summed E-state index contributed by atoms with van der Waals surface area (Å²) in [7, 11) is 0. The van der Waals surface area contributed by atoms with Crippen LogP contribution in [0.2, 0.25) is 0 Å². The van der Waals surface area contributed by atoms with Gasteiger partial charge < -0.3 is 20.5 Å². The second kappa shape index (κ2) is 11.8. The molecule has 0 spiro atoms. The number of nitrogens with one attached hydrogen (secondary N) is 3. The second-order valence-electron chi connectivity index (χ2n) is 11.2. The van der Waals surface area contributed by atoms with Gasteiger partial charge in [-0.25, -0.2) is 4.98 Å². The number of carbonyl (C=O) groups is 2. The first-order chi connectivity index (χ1) is 19.6. The minimum Gasteiger partial charge on any atom is -0.357 e. The van der Waals surface area contributed by atoms with Crippen molar-refractivity contribution in [1.82, 2.24) is 15.3 Å². The van der Waals surface area contributed by atoms with Crippen LogP contribution in [0.5, 0.6) is 0 Å². The summed E-state index contributed by atoms with van der Waals surface area (Å²) in [5.41, 5.74) is 5.54. The lowest BCUT2D eigenvalue weighted by Crippen LogP contribution is -2.42. The molecule has 0 fully saturated rings. The van der Waals surface area contributed by atoms with Crippen molar-refractivity contribution in [2.75, 3.05) is 29.1 Å². The lowest BCUT2D eigenvalue weighted by Gasteiger charge is -2.37. The molecule has 3 aromatic rings. The van der Waals surface area contributed by atoms with Crippen molar-refractivity contribution in [2.24, 2.45) is 5.41 Å². The maximum absolute atomic E-state index is 13.8. The molecule has 1 aliphatic carbocycles. The number of thioether (sulfide) groups is 1.